The van der Waals surface area contributed by atoms with Crippen LogP contribution >= 0.6 is 0 Å². The van der Waals surface area contributed by atoms with Crippen LogP contribution < -0.4 is 5.32 Å². The number of likely N-dealkylation sites (N-methyl/N-ethyl adjacent to an activating group) is 1. The smallest absolute Gasteiger partial charge is 0.0591 e. The van der Waals surface area contributed by atoms with Crippen LogP contribution in [0.1, 0.15) is 37.4 Å². The number of nitrogens with one attached hydrogen (secondary N) is 1. The molecule has 1 fully saturated rings. The molecule has 2 unspecified atom stereocenters. The van der Waals surface area contributed by atoms with E-state index in [1.165, 1.54) is 24.1 Å². The highest BCUT2D eigenvalue weighted by Gasteiger charge is 2.20. The lowest BCUT2D eigenvalue weighted by molar-refractivity contribution is 0.0947. The molecule has 1 N–H and O–H groups in total. The van der Waals surface area contributed by atoms with E-state index >= 15 is 0 Å². The maximum atomic E-state index is 5.73. The zero-order chi connectivity index (χ0) is 12.8. The van der Waals surface area contributed by atoms with E-state index in [-0.39, 0.29) is 0 Å². The molecule has 1 aliphatic heterocycles. The summed E-state index contributed by atoms with van der Waals surface area (Å²) in [6, 6.07) is 4.75. The zero-order valence-electron chi connectivity index (χ0n) is 11.5. The molecule has 1 saturated heterocycles. The first-order valence-corrected chi connectivity index (χ1v) is 7.04. The first-order valence-electron chi connectivity index (χ1n) is 7.04. The second-order valence-electron chi connectivity index (χ2n) is 5.16. The fraction of sp³-hybridized carbons (Fsp3) is 0.667. The molecular weight excluding hydrogens is 224 g/mol. The van der Waals surface area contributed by atoms with E-state index in [4.69, 9.17) is 4.74 Å². The van der Waals surface area contributed by atoms with Crippen molar-refractivity contribution < 1.29 is 4.74 Å². The number of aromatic nitrogens is 1. The second-order valence-corrected chi connectivity index (χ2v) is 5.16. The van der Waals surface area contributed by atoms with E-state index in [0.29, 0.717) is 12.1 Å². The van der Waals surface area contributed by atoms with Crippen LogP contribution in [-0.4, -0.2) is 30.3 Å². The van der Waals surface area contributed by atoms with Gasteiger partial charge in [-0.15, -0.1) is 0 Å². The van der Waals surface area contributed by atoms with Gasteiger partial charge in [-0.1, -0.05) is 13.0 Å². The van der Waals surface area contributed by atoms with Gasteiger partial charge in [-0.25, -0.2) is 0 Å². The molecule has 1 aromatic rings. The maximum absolute atomic E-state index is 5.73. The Kier molecular flexibility index (Phi) is 5.14. The van der Waals surface area contributed by atoms with Crippen molar-refractivity contribution in [2.45, 2.75) is 51.7 Å². The molecule has 0 saturated carbocycles. The monoisotopic (exact) mass is 248 g/mol. The van der Waals surface area contributed by atoms with Gasteiger partial charge >= 0.3 is 0 Å². The van der Waals surface area contributed by atoms with Gasteiger partial charge in [0.2, 0.25) is 0 Å². The third kappa shape index (κ3) is 4.07. The van der Waals surface area contributed by atoms with Gasteiger partial charge in [0.1, 0.15) is 0 Å². The van der Waals surface area contributed by atoms with Crippen molar-refractivity contribution in [3.63, 3.8) is 0 Å². The largest absolute Gasteiger partial charge is 0.378 e. The summed E-state index contributed by atoms with van der Waals surface area (Å²) >= 11 is 0. The van der Waals surface area contributed by atoms with Gasteiger partial charge in [0.25, 0.3) is 0 Å². The Morgan fingerprint density at radius 2 is 2.39 bits per heavy atom. The molecule has 0 radical (unpaired) electrons. The third-order valence-electron chi connectivity index (χ3n) is 3.49. The summed E-state index contributed by atoms with van der Waals surface area (Å²) in [5.74, 6) is 0. The van der Waals surface area contributed by atoms with E-state index in [1.54, 1.807) is 0 Å². The minimum Gasteiger partial charge on any atom is -0.378 e. The molecular formula is C15H24N2O. The Morgan fingerprint density at radius 1 is 1.50 bits per heavy atom. The standard InChI is InChI=1S/C15H24N2O/c1-3-16-14(10-15-5-4-8-18-15)9-13-7-6-12(2)11-17-13/h6-7,11,14-16H,3-5,8-10H2,1-2H3. The predicted molar refractivity (Wildman–Crippen MR) is 73.7 cm³/mol. The van der Waals surface area contributed by atoms with Crippen LogP contribution in [0, 0.1) is 6.92 Å². The number of pyridine rings is 1. The van der Waals surface area contributed by atoms with Crippen LogP contribution in [-0.2, 0) is 11.2 Å². The van der Waals surface area contributed by atoms with Crippen LogP contribution in [0.2, 0.25) is 0 Å². The number of ether oxygens (including phenoxy) is 1. The van der Waals surface area contributed by atoms with Crippen molar-refractivity contribution >= 4 is 0 Å². The number of hydrogen-bond donors (Lipinski definition) is 1. The molecule has 0 aliphatic carbocycles. The van der Waals surface area contributed by atoms with Gasteiger partial charge in [-0.3, -0.25) is 4.98 Å². The fourth-order valence-corrected chi connectivity index (χ4v) is 2.55. The Morgan fingerprint density at radius 3 is 3.00 bits per heavy atom. The van der Waals surface area contributed by atoms with Crippen LogP contribution in [0.4, 0.5) is 0 Å². The fourth-order valence-electron chi connectivity index (χ4n) is 2.55. The van der Waals surface area contributed by atoms with Crippen molar-refractivity contribution in [2.24, 2.45) is 0 Å². The number of nitrogens with zero attached hydrogens (tertiary/aromatic N) is 1. The topological polar surface area (TPSA) is 34.2 Å². The van der Waals surface area contributed by atoms with Gasteiger partial charge in [0.15, 0.2) is 0 Å². The molecule has 0 bridgehead atoms. The Hall–Kier alpha value is -0.930. The first kappa shape index (κ1) is 13.5. The lowest BCUT2D eigenvalue weighted by Gasteiger charge is -2.21. The number of rotatable bonds is 6. The minimum atomic E-state index is 0.444. The number of hydrogen-bond acceptors (Lipinski definition) is 3. The molecule has 100 valence electrons. The summed E-state index contributed by atoms with van der Waals surface area (Å²) in [5, 5.41) is 3.55. The van der Waals surface area contributed by atoms with E-state index in [1.807, 2.05) is 6.20 Å². The predicted octanol–water partition coefficient (Wildman–Crippen LogP) is 2.48. The first-order chi connectivity index (χ1) is 8.78. The summed E-state index contributed by atoms with van der Waals surface area (Å²) in [6.07, 6.45) is 6.91. The molecule has 3 nitrogen and oxygen atoms in total. The second kappa shape index (κ2) is 6.86. The summed E-state index contributed by atoms with van der Waals surface area (Å²) in [4.78, 5) is 4.49. The Labute approximate surface area is 110 Å². The summed E-state index contributed by atoms with van der Waals surface area (Å²) < 4.78 is 5.73. The van der Waals surface area contributed by atoms with Crippen molar-refractivity contribution in [3.8, 4) is 0 Å². The average Bonchev–Trinajstić information content (AvgIpc) is 2.85. The van der Waals surface area contributed by atoms with Gasteiger partial charge < -0.3 is 10.1 Å². The summed E-state index contributed by atoms with van der Waals surface area (Å²) in [6.45, 7) is 6.17. The quantitative estimate of drug-likeness (QED) is 0.840. The number of aryl methyl sites for hydroxylation is 1. The molecule has 2 atom stereocenters. The highest BCUT2D eigenvalue weighted by Crippen LogP contribution is 2.18. The Bertz CT molecular complexity index is 344. The molecule has 0 amide bonds. The van der Waals surface area contributed by atoms with Crippen LogP contribution in [0.15, 0.2) is 18.3 Å². The van der Waals surface area contributed by atoms with E-state index in [0.717, 1.165) is 26.0 Å². The van der Waals surface area contributed by atoms with Gasteiger partial charge in [-0.2, -0.15) is 0 Å². The lowest BCUT2D eigenvalue weighted by Crippen LogP contribution is -2.34. The molecule has 1 aliphatic rings. The highest BCUT2D eigenvalue weighted by atomic mass is 16.5. The van der Waals surface area contributed by atoms with Crippen LogP contribution in [0.25, 0.3) is 0 Å². The zero-order valence-corrected chi connectivity index (χ0v) is 11.5. The van der Waals surface area contributed by atoms with Gasteiger partial charge in [-0.05, 0) is 44.4 Å². The SMILES string of the molecule is CCNC(Cc1ccc(C)cn1)CC1CCCO1. The molecule has 2 heterocycles. The van der Waals surface area contributed by atoms with Crippen LogP contribution in [0.3, 0.4) is 0 Å². The van der Waals surface area contributed by atoms with E-state index in [2.05, 4.69) is 36.3 Å². The third-order valence-corrected chi connectivity index (χ3v) is 3.49. The van der Waals surface area contributed by atoms with E-state index < -0.39 is 0 Å². The highest BCUT2D eigenvalue weighted by molar-refractivity contribution is 5.13. The molecule has 2 rings (SSSR count). The van der Waals surface area contributed by atoms with Crippen molar-refractivity contribution in [1.29, 1.82) is 0 Å². The van der Waals surface area contributed by atoms with E-state index in [9.17, 15) is 0 Å². The average molecular weight is 248 g/mol. The van der Waals surface area contributed by atoms with Gasteiger partial charge in [0.05, 0.1) is 6.10 Å². The van der Waals surface area contributed by atoms with Crippen LogP contribution in [0.5, 0.6) is 0 Å². The summed E-state index contributed by atoms with van der Waals surface area (Å²) in [5.41, 5.74) is 2.39. The van der Waals surface area contributed by atoms with Crippen molar-refractivity contribution in [2.75, 3.05) is 13.2 Å². The molecule has 0 aromatic carbocycles. The molecule has 3 heteroatoms. The summed E-state index contributed by atoms with van der Waals surface area (Å²) in [7, 11) is 0. The van der Waals surface area contributed by atoms with Gasteiger partial charge in [0, 0.05) is 31.0 Å². The maximum Gasteiger partial charge on any atom is 0.0591 e. The minimum absolute atomic E-state index is 0.444. The molecule has 0 spiro atoms. The lowest BCUT2D eigenvalue weighted by atomic mass is 10.0. The molecule has 18 heavy (non-hydrogen) atoms. The molecule has 1 aromatic heterocycles. The normalized spacial score (nSPS) is 21.1. The van der Waals surface area contributed by atoms with Crippen molar-refractivity contribution in [3.05, 3.63) is 29.6 Å². The Balaban J connectivity index is 1.90. The van der Waals surface area contributed by atoms with Crippen molar-refractivity contribution in [1.82, 2.24) is 10.3 Å².